The minimum Gasteiger partial charge on any atom is -0.497 e. The highest BCUT2D eigenvalue weighted by Crippen LogP contribution is 2.26. The summed E-state index contributed by atoms with van der Waals surface area (Å²) >= 11 is 0. The van der Waals surface area contributed by atoms with Crippen LogP contribution in [-0.4, -0.2) is 37.2 Å². The van der Waals surface area contributed by atoms with Crippen molar-refractivity contribution in [3.63, 3.8) is 0 Å². The van der Waals surface area contributed by atoms with Crippen molar-refractivity contribution in [1.82, 2.24) is 10.2 Å². The Bertz CT molecular complexity index is 402. The van der Waals surface area contributed by atoms with Crippen molar-refractivity contribution < 1.29 is 4.74 Å². The number of rotatable bonds is 3. The number of nitrogens with zero attached hydrogens (tertiary/aromatic N) is 1. The van der Waals surface area contributed by atoms with Gasteiger partial charge in [0.15, 0.2) is 0 Å². The summed E-state index contributed by atoms with van der Waals surface area (Å²) < 4.78 is 5.22. The molecule has 3 rings (SSSR count). The van der Waals surface area contributed by atoms with Crippen LogP contribution >= 0.6 is 0 Å². The SMILES string of the molecule is COc1ccc(CN2CCN[C@@H]3CCCC[C@H]32)cc1. The summed E-state index contributed by atoms with van der Waals surface area (Å²) in [6, 6.07) is 9.98. The molecule has 2 fully saturated rings. The van der Waals surface area contributed by atoms with Crippen LogP contribution in [0, 0.1) is 0 Å². The number of benzene rings is 1. The molecule has 0 bridgehead atoms. The van der Waals surface area contributed by atoms with E-state index in [1.54, 1.807) is 7.11 Å². The zero-order valence-corrected chi connectivity index (χ0v) is 11.8. The van der Waals surface area contributed by atoms with E-state index in [-0.39, 0.29) is 0 Å². The third kappa shape index (κ3) is 2.93. The molecule has 2 atom stereocenters. The highest BCUT2D eigenvalue weighted by molar-refractivity contribution is 5.27. The van der Waals surface area contributed by atoms with E-state index in [0.717, 1.165) is 30.9 Å². The van der Waals surface area contributed by atoms with E-state index in [2.05, 4.69) is 34.5 Å². The first-order valence-electron chi connectivity index (χ1n) is 7.47. The Morgan fingerprint density at radius 2 is 2.00 bits per heavy atom. The predicted octanol–water partition coefficient (Wildman–Crippen LogP) is 2.41. The highest BCUT2D eigenvalue weighted by Gasteiger charge is 2.32. The van der Waals surface area contributed by atoms with Crippen LogP contribution in [0.4, 0.5) is 0 Å². The maximum Gasteiger partial charge on any atom is 0.118 e. The normalized spacial score (nSPS) is 27.8. The van der Waals surface area contributed by atoms with Gasteiger partial charge in [0.1, 0.15) is 5.75 Å². The Morgan fingerprint density at radius 3 is 2.79 bits per heavy atom. The Hall–Kier alpha value is -1.06. The van der Waals surface area contributed by atoms with Gasteiger partial charge in [-0.3, -0.25) is 4.90 Å². The molecule has 2 aliphatic rings. The Labute approximate surface area is 115 Å². The van der Waals surface area contributed by atoms with Crippen molar-refractivity contribution in [2.45, 2.75) is 44.3 Å². The summed E-state index contributed by atoms with van der Waals surface area (Å²) in [5, 5.41) is 3.69. The highest BCUT2D eigenvalue weighted by atomic mass is 16.5. The summed E-state index contributed by atoms with van der Waals surface area (Å²) in [5.74, 6) is 0.944. The van der Waals surface area contributed by atoms with Gasteiger partial charge in [-0.25, -0.2) is 0 Å². The van der Waals surface area contributed by atoms with Crippen molar-refractivity contribution in [1.29, 1.82) is 0 Å². The first kappa shape index (κ1) is 12.9. The fraction of sp³-hybridized carbons (Fsp3) is 0.625. The number of methoxy groups -OCH3 is 1. The molecule has 1 heterocycles. The first-order chi connectivity index (χ1) is 9.36. The van der Waals surface area contributed by atoms with Gasteiger partial charge in [0.05, 0.1) is 7.11 Å². The maximum atomic E-state index is 5.22. The average Bonchev–Trinajstić information content (AvgIpc) is 2.48. The number of nitrogens with one attached hydrogen (secondary N) is 1. The lowest BCUT2D eigenvalue weighted by Crippen LogP contribution is -2.58. The summed E-state index contributed by atoms with van der Waals surface area (Å²) in [5.41, 5.74) is 1.40. The third-order valence-electron chi connectivity index (χ3n) is 4.55. The van der Waals surface area contributed by atoms with Gasteiger partial charge >= 0.3 is 0 Å². The Morgan fingerprint density at radius 1 is 1.21 bits per heavy atom. The molecule has 3 nitrogen and oxygen atoms in total. The molecule has 0 aromatic heterocycles. The second-order valence-corrected chi connectivity index (χ2v) is 5.73. The predicted molar refractivity (Wildman–Crippen MR) is 77.5 cm³/mol. The summed E-state index contributed by atoms with van der Waals surface area (Å²) in [4.78, 5) is 2.67. The van der Waals surface area contributed by atoms with E-state index < -0.39 is 0 Å². The van der Waals surface area contributed by atoms with E-state index in [1.807, 2.05) is 0 Å². The van der Waals surface area contributed by atoms with Gasteiger partial charge in [0.25, 0.3) is 0 Å². The fourth-order valence-electron chi connectivity index (χ4n) is 3.51. The molecule has 1 saturated heterocycles. The molecular weight excluding hydrogens is 236 g/mol. The molecule has 19 heavy (non-hydrogen) atoms. The first-order valence-corrected chi connectivity index (χ1v) is 7.47. The fourth-order valence-corrected chi connectivity index (χ4v) is 3.51. The Kier molecular flexibility index (Phi) is 4.04. The van der Waals surface area contributed by atoms with Crippen LogP contribution in [0.1, 0.15) is 31.2 Å². The number of hydrogen-bond acceptors (Lipinski definition) is 3. The minimum absolute atomic E-state index is 0.723. The van der Waals surface area contributed by atoms with E-state index in [1.165, 1.54) is 37.8 Å². The molecule has 1 aliphatic heterocycles. The van der Waals surface area contributed by atoms with Gasteiger partial charge in [-0.1, -0.05) is 25.0 Å². The topological polar surface area (TPSA) is 24.5 Å². The second-order valence-electron chi connectivity index (χ2n) is 5.73. The van der Waals surface area contributed by atoms with Crippen LogP contribution in [0.2, 0.25) is 0 Å². The van der Waals surface area contributed by atoms with Gasteiger partial charge in [0, 0.05) is 31.7 Å². The van der Waals surface area contributed by atoms with E-state index in [0.29, 0.717) is 0 Å². The van der Waals surface area contributed by atoms with Gasteiger partial charge in [-0.2, -0.15) is 0 Å². The lowest BCUT2D eigenvalue weighted by Gasteiger charge is -2.44. The molecule has 0 unspecified atom stereocenters. The van der Waals surface area contributed by atoms with Crippen LogP contribution in [0.5, 0.6) is 5.75 Å². The number of hydrogen-bond donors (Lipinski definition) is 1. The van der Waals surface area contributed by atoms with E-state index in [9.17, 15) is 0 Å². The largest absolute Gasteiger partial charge is 0.497 e. The summed E-state index contributed by atoms with van der Waals surface area (Å²) in [6.07, 6.45) is 5.49. The monoisotopic (exact) mass is 260 g/mol. The molecule has 0 radical (unpaired) electrons. The summed E-state index contributed by atoms with van der Waals surface area (Å²) in [6.45, 7) is 3.39. The van der Waals surface area contributed by atoms with Crippen molar-refractivity contribution in [3.8, 4) is 5.75 Å². The molecule has 1 aliphatic carbocycles. The molecule has 1 N–H and O–H groups in total. The minimum atomic E-state index is 0.723. The zero-order valence-electron chi connectivity index (χ0n) is 11.8. The van der Waals surface area contributed by atoms with Crippen LogP contribution in [0.3, 0.4) is 0 Å². The molecule has 0 amide bonds. The third-order valence-corrected chi connectivity index (χ3v) is 4.55. The van der Waals surface area contributed by atoms with Crippen LogP contribution in [-0.2, 0) is 6.54 Å². The average molecular weight is 260 g/mol. The maximum absolute atomic E-state index is 5.22. The lowest BCUT2D eigenvalue weighted by atomic mass is 9.87. The lowest BCUT2D eigenvalue weighted by molar-refractivity contribution is 0.0815. The zero-order chi connectivity index (χ0) is 13.1. The second kappa shape index (κ2) is 5.93. The van der Waals surface area contributed by atoms with E-state index >= 15 is 0 Å². The Balaban J connectivity index is 1.66. The molecule has 1 aromatic rings. The molecule has 1 saturated carbocycles. The molecule has 104 valence electrons. The quantitative estimate of drug-likeness (QED) is 0.903. The van der Waals surface area contributed by atoms with Gasteiger partial charge < -0.3 is 10.1 Å². The van der Waals surface area contributed by atoms with Crippen molar-refractivity contribution >= 4 is 0 Å². The van der Waals surface area contributed by atoms with Crippen LogP contribution < -0.4 is 10.1 Å². The van der Waals surface area contributed by atoms with Gasteiger partial charge in [-0.05, 0) is 30.5 Å². The smallest absolute Gasteiger partial charge is 0.118 e. The van der Waals surface area contributed by atoms with Crippen molar-refractivity contribution in [2.24, 2.45) is 0 Å². The molecule has 1 aromatic carbocycles. The molecule has 0 spiro atoms. The number of ether oxygens (including phenoxy) is 1. The van der Waals surface area contributed by atoms with Gasteiger partial charge in [0.2, 0.25) is 0 Å². The van der Waals surface area contributed by atoms with Gasteiger partial charge in [-0.15, -0.1) is 0 Å². The van der Waals surface area contributed by atoms with Crippen molar-refractivity contribution in [2.75, 3.05) is 20.2 Å². The number of fused-ring (bicyclic) bond motifs is 1. The number of piperazine rings is 1. The summed E-state index contributed by atoms with van der Waals surface area (Å²) in [7, 11) is 1.72. The van der Waals surface area contributed by atoms with E-state index in [4.69, 9.17) is 4.74 Å². The van der Waals surface area contributed by atoms with Crippen LogP contribution in [0.15, 0.2) is 24.3 Å². The van der Waals surface area contributed by atoms with Crippen LogP contribution in [0.25, 0.3) is 0 Å². The molecular formula is C16H24N2O. The standard InChI is InChI=1S/C16H24N2O/c1-19-14-8-6-13(7-9-14)12-18-11-10-17-15-4-2-3-5-16(15)18/h6-9,15-17H,2-5,10-12H2,1H3/t15-,16-/m1/s1. The molecule has 3 heteroatoms. The van der Waals surface area contributed by atoms with Crippen molar-refractivity contribution in [3.05, 3.63) is 29.8 Å².